The molecule has 0 saturated carbocycles. The molecule has 0 atom stereocenters. The normalized spacial score (nSPS) is 13.1. The molecule has 3 aromatic carbocycles. The number of hydrogen-bond donors (Lipinski definition) is 2. The molecule has 0 saturated heterocycles. The standard InChI is InChI=1S/C29H26ClN3O5/c1-4-14-38-29(37)20-6-5-7-23(16-20)33-27(35)24(30)25(28(33)36)31-21-12-9-19(10-13-21)26(34)32-22-11-8-17(2)18(3)15-22/h5-13,15-16,31H,4,14H2,1-3H3,(H,32,34). The third kappa shape index (κ3) is 5.60. The van der Waals surface area contributed by atoms with Crippen LogP contribution in [-0.2, 0) is 14.3 Å². The third-order valence-corrected chi connectivity index (χ3v) is 6.34. The molecule has 194 valence electrons. The molecule has 9 heteroatoms. The summed E-state index contributed by atoms with van der Waals surface area (Å²) in [6.45, 7) is 6.11. The van der Waals surface area contributed by atoms with Gasteiger partial charge in [0.25, 0.3) is 17.7 Å². The van der Waals surface area contributed by atoms with Crippen molar-refractivity contribution in [3.05, 3.63) is 99.7 Å². The third-order valence-electron chi connectivity index (χ3n) is 5.99. The highest BCUT2D eigenvalue weighted by Gasteiger charge is 2.39. The highest BCUT2D eigenvalue weighted by molar-refractivity contribution is 6.53. The molecule has 1 aliphatic rings. The van der Waals surface area contributed by atoms with E-state index in [1.807, 2.05) is 39.0 Å². The number of halogens is 1. The number of hydrogen-bond acceptors (Lipinski definition) is 6. The van der Waals surface area contributed by atoms with E-state index in [1.165, 1.54) is 12.1 Å². The first-order chi connectivity index (χ1) is 18.2. The lowest BCUT2D eigenvalue weighted by Crippen LogP contribution is -2.32. The predicted molar refractivity (Wildman–Crippen MR) is 146 cm³/mol. The summed E-state index contributed by atoms with van der Waals surface area (Å²) in [7, 11) is 0. The fraction of sp³-hybridized carbons (Fsp3) is 0.172. The van der Waals surface area contributed by atoms with Gasteiger partial charge in [-0.3, -0.25) is 14.4 Å². The van der Waals surface area contributed by atoms with Crippen molar-refractivity contribution < 1.29 is 23.9 Å². The Kier molecular flexibility index (Phi) is 7.93. The molecule has 0 radical (unpaired) electrons. The topological polar surface area (TPSA) is 105 Å². The summed E-state index contributed by atoms with van der Waals surface area (Å²) in [5.74, 6) is -2.22. The molecule has 38 heavy (non-hydrogen) atoms. The zero-order chi connectivity index (χ0) is 27.4. The zero-order valence-corrected chi connectivity index (χ0v) is 21.9. The molecule has 0 fully saturated rings. The summed E-state index contributed by atoms with van der Waals surface area (Å²) in [4.78, 5) is 51.7. The van der Waals surface area contributed by atoms with E-state index in [0.717, 1.165) is 16.0 Å². The lowest BCUT2D eigenvalue weighted by Gasteiger charge is -2.16. The number of carbonyl (C=O) groups is 4. The minimum absolute atomic E-state index is 0.108. The monoisotopic (exact) mass is 531 g/mol. The van der Waals surface area contributed by atoms with Crippen molar-refractivity contribution in [2.45, 2.75) is 27.2 Å². The van der Waals surface area contributed by atoms with Gasteiger partial charge in [0, 0.05) is 16.9 Å². The SMILES string of the molecule is CCCOC(=O)c1cccc(N2C(=O)C(Cl)=C(Nc3ccc(C(=O)Nc4ccc(C)c(C)c4)cc3)C2=O)c1. The van der Waals surface area contributed by atoms with Crippen molar-refractivity contribution in [2.24, 2.45) is 0 Å². The highest BCUT2D eigenvalue weighted by Crippen LogP contribution is 2.31. The molecule has 0 spiro atoms. The smallest absolute Gasteiger partial charge is 0.338 e. The molecule has 4 rings (SSSR count). The molecule has 0 unspecified atom stereocenters. The van der Waals surface area contributed by atoms with Crippen LogP contribution in [0.25, 0.3) is 0 Å². The Morgan fingerprint density at radius 3 is 2.26 bits per heavy atom. The predicted octanol–water partition coefficient (Wildman–Crippen LogP) is 5.56. The van der Waals surface area contributed by atoms with Gasteiger partial charge in [0.2, 0.25) is 0 Å². The van der Waals surface area contributed by atoms with Gasteiger partial charge >= 0.3 is 5.97 Å². The Labute approximate surface area is 225 Å². The van der Waals surface area contributed by atoms with E-state index in [4.69, 9.17) is 16.3 Å². The van der Waals surface area contributed by atoms with Gasteiger partial charge in [-0.25, -0.2) is 9.69 Å². The van der Waals surface area contributed by atoms with Crippen LogP contribution < -0.4 is 15.5 Å². The van der Waals surface area contributed by atoms with Crippen LogP contribution >= 0.6 is 11.6 Å². The summed E-state index contributed by atoms with van der Waals surface area (Å²) in [5, 5.41) is 5.45. The average Bonchev–Trinajstić information content (AvgIpc) is 3.12. The summed E-state index contributed by atoms with van der Waals surface area (Å²) in [5.41, 5.74) is 4.06. The Bertz CT molecular complexity index is 1460. The number of nitrogens with zero attached hydrogens (tertiary/aromatic N) is 1. The van der Waals surface area contributed by atoms with E-state index >= 15 is 0 Å². The Hall–Kier alpha value is -4.43. The summed E-state index contributed by atoms with van der Waals surface area (Å²) >= 11 is 6.23. The first-order valence-corrected chi connectivity index (χ1v) is 12.4. The molecule has 3 amide bonds. The van der Waals surface area contributed by atoms with Gasteiger partial charge in [-0.1, -0.05) is 30.7 Å². The fourth-order valence-corrected chi connectivity index (χ4v) is 3.98. The van der Waals surface area contributed by atoms with Gasteiger partial charge < -0.3 is 15.4 Å². The van der Waals surface area contributed by atoms with Crippen molar-refractivity contribution in [1.29, 1.82) is 0 Å². The number of nitrogens with one attached hydrogen (secondary N) is 2. The second kappa shape index (κ2) is 11.3. The minimum Gasteiger partial charge on any atom is -0.462 e. The molecule has 0 aromatic heterocycles. The molecule has 1 heterocycles. The summed E-state index contributed by atoms with van der Waals surface area (Å²) < 4.78 is 5.13. The van der Waals surface area contributed by atoms with Gasteiger partial charge in [0.05, 0.1) is 17.9 Å². The summed E-state index contributed by atoms with van der Waals surface area (Å²) in [6.07, 6.45) is 0.668. The maximum absolute atomic E-state index is 13.1. The number of aryl methyl sites for hydroxylation is 2. The second-order valence-corrected chi connectivity index (χ2v) is 9.15. The van der Waals surface area contributed by atoms with Gasteiger partial charge in [-0.05, 0) is 86.0 Å². The van der Waals surface area contributed by atoms with Crippen LogP contribution in [0.2, 0.25) is 0 Å². The number of esters is 1. The Morgan fingerprint density at radius 2 is 1.58 bits per heavy atom. The van der Waals surface area contributed by atoms with Crippen molar-refractivity contribution in [3.8, 4) is 0 Å². The Morgan fingerprint density at radius 1 is 0.868 bits per heavy atom. The second-order valence-electron chi connectivity index (χ2n) is 8.78. The van der Waals surface area contributed by atoms with E-state index in [2.05, 4.69) is 10.6 Å². The number of anilines is 3. The van der Waals surface area contributed by atoms with Crippen LogP contribution in [0.1, 0.15) is 45.2 Å². The molecule has 8 nitrogen and oxygen atoms in total. The van der Waals surface area contributed by atoms with E-state index in [9.17, 15) is 19.2 Å². The number of carbonyl (C=O) groups excluding carboxylic acids is 4. The van der Waals surface area contributed by atoms with Crippen LogP contribution in [0.5, 0.6) is 0 Å². The van der Waals surface area contributed by atoms with Gasteiger partial charge in [-0.2, -0.15) is 0 Å². The highest BCUT2D eigenvalue weighted by atomic mass is 35.5. The van der Waals surface area contributed by atoms with Crippen LogP contribution in [0, 0.1) is 13.8 Å². The van der Waals surface area contributed by atoms with Crippen LogP contribution in [-0.4, -0.2) is 30.3 Å². The Balaban J connectivity index is 1.46. The first kappa shape index (κ1) is 26.6. The number of rotatable bonds is 8. The minimum atomic E-state index is -0.720. The maximum Gasteiger partial charge on any atom is 0.338 e. The number of ether oxygens (including phenoxy) is 1. The quantitative estimate of drug-likeness (QED) is 0.291. The van der Waals surface area contributed by atoms with Gasteiger partial charge in [0.15, 0.2) is 0 Å². The van der Waals surface area contributed by atoms with E-state index in [1.54, 1.807) is 36.4 Å². The first-order valence-electron chi connectivity index (χ1n) is 12.0. The molecule has 3 aromatic rings. The largest absolute Gasteiger partial charge is 0.462 e. The molecule has 2 N–H and O–H groups in total. The molecule has 0 aliphatic carbocycles. The number of benzene rings is 3. The van der Waals surface area contributed by atoms with Gasteiger partial charge in [0.1, 0.15) is 10.7 Å². The molecular weight excluding hydrogens is 506 g/mol. The zero-order valence-electron chi connectivity index (χ0n) is 21.1. The summed E-state index contributed by atoms with van der Waals surface area (Å²) in [6, 6.07) is 18.1. The van der Waals surface area contributed by atoms with Crippen molar-refractivity contribution >= 4 is 52.4 Å². The van der Waals surface area contributed by atoms with Crippen LogP contribution in [0.3, 0.4) is 0 Å². The van der Waals surface area contributed by atoms with Crippen LogP contribution in [0.15, 0.2) is 77.5 Å². The van der Waals surface area contributed by atoms with E-state index < -0.39 is 17.8 Å². The molecule has 0 bridgehead atoms. The van der Waals surface area contributed by atoms with Crippen molar-refractivity contribution in [3.63, 3.8) is 0 Å². The van der Waals surface area contributed by atoms with Crippen molar-refractivity contribution in [1.82, 2.24) is 0 Å². The van der Waals surface area contributed by atoms with Gasteiger partial charge in [-0.15, -0.1) is 0 Å². The maximum atomic E-state index is 13.1. The average molecular weight is 532 g/mol. The lowest BCUT2D eigenvalue weighted by molar-refractivity contribution is -0.120. The number of amides is 3. The fourth-order valence-electron chi connectivity index (χ4n) is 3.77. The van der Waals surface area contributed by atoms with E-state index in [0.29, 0.717) is 23.4 Å². The lowest BCUT2D eigenvalue weighted by atomic mass is 10.1. The molecular formula is C29H26ClN3O5. The van der Waals surface area contributed by atoms with Crippen LogP contribution in [0.4, 0.5) is 17.1 Å². The van der Waals surface area contributed by atoms with Crippen molar-refractivity contribution in [2.75, 3.05) is 22.1 Å². The number of imide groups is 1. The van der Waals surface area contributed by atoms with E-state index in [-0.39, 0.29) is 34.5 Å². The molecule has 1 aliphatic heterocycles.